The van der Waals surface area contributed by atoms with Crippen molar-refractivity contribution in [1.82, 2.24) is 0 Å². The van der Waals surface area contributed by atoms with E-state index in [1.54, 1.807) is 6.08 Å². The van der Waals surface area contributed by atoms with Crippen LogP contribution >= 0.6 is 0 Å². The monoisotopic (exact) mass is 279 g/mol. The number of nitrogens with two attached hydrogens (primary N) is 1. The highest BCUT2D eigenvalue weighted by Gasteiger charge is 1.93. The SMILES string of the molecule is C=CC(N)=CCCCCCCCCCCCCCCC. The van der Waals surface area contributed by atoms with Gasteiger partial charge in [0, 0.05) is 5.70 Å². The van der Waals surface area contributed by atoms with Gasteiger partial charge in [0.15, 0.2) is 0 Å². The third-order valence-electron chi connectivity index (χ3n) is 3.92. The Hall–Kier alpha value is -0.720. The smallest absolute Gasteiger partial charge is 0.0267 e. The first-order valence-electron chi connectivity index (χ1n) is 8.89. The normalized spacial score (nSPS) is 11.8. The molecule has 0 aromatic rings. The lowest BCUT2D eigenvalue weighted by molar-refractivity contribution is 0.540. The van der Waals surface area contributed by atoms with Crippen LogP contribution in [0.2, 0.25) is 0 Å². The van der Waals surface area contributed by atoms with Crippen LogP contribution in [0.3, 0.4) is 0 Å². The molecular weight excluding hydrogens is 242 g/mol. The van der Waals surface area contributed by atoms with Gasteiger partial charge in [0.1, 0.15) is 0 Å². The molecule has 20 heavy (non-hydrogen) atoms. The first-order valence-corrected chi connectivity index (χ1v) is 8.89. The van der Waals surface area contributed by atoms with Crippen molar-refractivity contribution in [2.24, 2.45) is 5.73 Å². The second kappa shape index (κ2) is 16.3. The molecule has 0 fully saturated rings. The van der Waals surface area contributed by atoms with Gasteiger partial charge >= 0.3 is 0 Å². The quantitative estimate of drug-likeness (QED) is 0.269. The lowest BCUT2D eigenvalue weighted by Crippen LogP contribution is -1.91. The molecule has 0 rings (SSSR count). The predicted octanol–water partition coefficient (Wildman–Crippen LogP) is 6.50. The summed E-state index contributed by atoms with van der Waals surface area (Å²) in [6.45, 7) is 5.93. The molecule has 0 amide bonds. The number of hydrogen-bond donors (Lipinski definition) is 1. The second-order valence-electron chi connectivity index (χ2n) is 5.94. The van der Waals surface area contributed by atoms with E-state index < -0.39 is 0 Å². The molecule has 0 bridgehead atoms. The molecule has 0 saturated carbocycles. The Labute approximate surface area is 127 Å². The van der Waals surface area contributed by atoms with Crippen LogP contribution < -0.4 is 5.73 Å². The number of allylic oxidation sites excluding steroid dienone is 2. The highest BCUT2D eigenvalue weighted by molar-refractivity contribution is 5.10. The molecule has 0 radical (unpaired) electrons. The topological polar surface area (TPSA) is 26.0 Å². The van der Waals surface area contributed by atoms with Gasteiger partial charge in [-0.2, -0.15) is 0 Å². The second-order valence-corrected chi connectivity index (χ2v) is 5.94. The Kier molecular flexibility index (Phi) is 15.7. The molecule has 1 heteroatoms. The highest BCUT2D eigenvalue weighted by Crippen LogP contribution is 2.13. The van der Waals surface area contributed by atoms with Crippen LogP contribution in [0.4, 0.5) is 0 Å². The van der Waals surface area contributed by atoms with Gasteiger partial charge in [0.05, 0.1) is 0 Å². The molecule has 0 aliphatic heterocycles. The summed E-state index contributed by atoms with van der Waals surface area (Å²) in [6, 6.07) is 0. The summed E-state index contributed by atoms with van der Waals surface area (Å²) in [7, 11) is 0. The van der Waals surface area contributed by atoms with Crippen molar-refractivity contribution in [2.45, 2.75) is 96.8 Å². The van der Waals surface area contributed by atoms with E-state index >= 15 is 0 Å². The molecule has 0 aliphatic carbocycles. The van der Waals surface area contributed by atoms with Crippen LogP contribution in [-0.4, -0.2) is 0 Å². The zero-order valence-corrected chi connectivity index (χ0v) is 13.8. The highest BCUT2D eigenvalue weighted by atomic mass is 14.5. The van der Waals surface area contributed by atoms with Crippen LogP contribution in [0.25, 0.3) is 0 Å². The minimum Gasteiger partial charge on any atom is -0.399 e. The molecule has 2 N–H and O–H groups in total. The van der Waals surface area contributed by atoms with E-state index in [2.05, 4.69) is 19.6 Å². The lowest BCUT2D eigenvalue weighted by Gasteiger charge is -2.02. The summed E-state index contributed by atoms with van der Waals surface area (Å²) in [6.07, 6.45) is 23.2. The summed E-state index contributed by atoms with van der Waals surface area (Å²) in [4.78, 5) is 0. The van der Waals surface area contributed by atoms with Crippen molar-refractivity contribution in [3.05, 3.63) is 24.4 Å². The van der Waals surface area contributed by atoms with E-state index in [9.17, 15) is 0 Å². The van der Waals surface area contributed by atoms with Crippen LogP contribution in [0, 0.1) is 0 Å². The van der Waals surface area contributed by atoms with Crippen LogP contribution in [0.5, 0.6) is 0 Å². The molecule has 0 atom stereocenters. The fourth-order valence-corrected chi connectivity index (χ4v) is 2.51. The first kappa shape index (κ1) is 19.3. The largest absolute Gasteiger partial charge is 0.399 e. The third kappa shape index (κ3) is 15.3. The van der Waals surface area contributed by atoms with Crippen LogP contribution in [-0.2, 0) is 0 Å². The predicted molar refractivity (Wildman–Crippen MR) is 92.8 cm³/mol. The fourth-order valence-electron chi connectivity index (χ4n) is 2.51. The maximum Gasteiger partial charge on any atom is 0.0267 e. The summed E-state index contributed by atoms with van der Waals surface area (Å²) in [5.74, 6) is 0. The average Bonchev–Trinajstić information content (AvgIpc) is 2.47. The summed E-state index contributed by atoms with van der Waals surface area (Å²) in [5, 5.41) is 0. The molecule has 0 unspecified atom stereocenters. The van der Waals surface area contributed by atoms with Gasteiger partial charge in [-0.05, 0) is 18.9 Å². The number of rotatable bonds is 15. The summed E-state index contributed by atoms with van der Waals surface area (Å²) < 4.78 is 0. The Morgan fingerprint density at radius 2 is 1.15 bits per heavy atom. The van der Waals surface area contributed by atoms with Crippen molar-refractivity contribution in [3.8, 4) is 0 Å². The minimum absolute atomic E-state index is 0.823. The van der Waals surface area contributed by atoms with Crippen LogP contribution in [0.15, 0.2) is 24.4 Å². The maximum atomic E-state index is 5.66. The van der Waals surface area contributed by atoms with Gasteiger partial charge in [0.2, 0.25) is 0 Å². The number of hydrogen-bond acceptors (Lipinski definition) is 1. The molecule has 0 aromatic carbocycles. The van der Waals surface area contributed by atoms with Crippen molar-refractivity contribution in [2.75, 3.05) is 0 Å². The van der Waals surface area contributed by atoms with Gasteiger partial charge in [-0.3, -0.25) is 0 Å². The molecule has 118 valence electrons. The molecular formula is C19H37N. The Balaban J connectivity index is 3.04. The van der Waals surface area contributed by atoms with Crippen molar-refractivity contribution in [3.63, 3.8) is 0 Å². The zero-order chi connectivity index (χ0) is 14.9. The molecule has 0 heterocycles. The van der Waals surface area contributed by atoms with Crippen molar-refractivity contribution < 1.29 is 0 Å². The van der Waals surface area contributed by atoms with Gasteiger partial charge in [-0.15, -0.1) is 0 Å². The lowest BCUT2D eigenvalue weighted by atomic mass is 10.0. The van der Waals surface area contributed by atoms with Gasteiger partial charge in [-0.25, -0.2) is 0 Å². The standard InChI is InChI=1S/C19H37N/c1-3-5-6-7-8-9-10-11-12-13-14-15-16-17-18-19(20)4-2/h4,18H,2-3,5-17,20H2,1H3. The summed E-state index contributed by atoms with van der Waals surface area (Å²) in [5.41, 5.74) is 6.49. The Morgan fingerprint density at radius 1 is 0.750 bits per heavy atom. The maximum absolute atomic E-state index is 5.66. The van der Waals surface area contributed by atoms with Gasteiger partial charge < -0.3 is 5.73 Å². The first-order chi connectivity index (χ1) is 9.81. The molecule has 0 spiro atoms. The fraction of sp³-hybridized carbons (Fsp3) is 0.789. The van der Waals surface area contributed by atoms with Gasteiger partial charge in [0.25, 0.3) is 0 Å². The van der Waals surface area contributed by atoms with Crippen LogP contribution in [0.1, 0.15) is 96.8 Å². The Bertz CT molecular complexity index is 230. The Morgan fingerprint density at radius 3 is 1.55 bits per heavy atom. The molecule has 0 aliphatic rings. The van der Waals surface area contributed by atoms with Crippen molar-refractivity contribution in [1.29, 1.82) is 0 Å². The average molecular weight is 280 g/mol. The van der Waals surface area contributed by atoms with E-state index in [1.807, 2.05) is 0 Å². The van der Waals surface area contributed by atoms with E-state index in [0.29, 0.717) is 0 Å². The number of unbranched alkanes of at least 4 members (excludes halogenated alkanes) is 13. The van der Waals surface area contributed by atoms with Crippen molar-refractivity contribution >= 4 is 0 Å². The summed E-state index contributed by atoms with van der Waals surface area (Å²) >= 11 is 0. The minimum atomic E-state index is 0.823. The van der Waals surface area contributed by atoms with E-state index in [0.717, 1.165) is 12.1 Å². The van der Waals surface area contributed by atoms with E-state index in [1.165, 1.54) is 83.5 Å². The molecule has 0 saturated heterocycles. The van der Waals surface area contributed by atoms with E-state index in [4.69, 9.17) is 5.73 Å². The molecule has 1 nitrogen and oxygen atoms in total. The molecule has 0 aromatic heterocycles. The third-order valence-corrected chi connectivity index (χ3v) is 3.92. The van der Waals surface area contributed by atoms with Gasteiger partial charge in [-0.1, -0.05) is 96.6 Å². The van der Waals surface area contributed by atoms with E-state index in [-0.39, 0.29) is 0 Å². The zero-order valence-electron chi connectivity index (χ0n) is 13.8.